The quantitative estimate of drug-likeness (QED) is 0.689. The molecule has 0 radical (unpaired) electrons. The van der Waals surface area contributed by atoms with Gasteiger partial charge in [-0.05, 0) is 24.6 Å². The minimum absolute atomic E-state index is 0.195. The number of primary amides is 1. The molecule has 0 aromatic rings. The third-order valence-corrected chi connectivity index (χ3v) is 4.25. The summed E-state index contributed by atoms with van der Waals surface area (Å²) in [6, 6.07) is 0. The van der Waals surface area contributed by atoms with Gasteiger partial charge in [0.1, 0.15) is 5.54 Å². The van der Waals surface area contributed by atoms with E-state index < -0.39 is 5.54 Å². The van der Waals surface area contributed by atoms with Gasteiger partial charge in [0.15, 0.2) is 0 Å². The molecule has 1 saturated heterocycles. The van der Waals surface area contributed by atoms with Crippen molar-refractivity contribution < 1.29 is 4.79 Å². The van der Waals surface area contributed by atoms with Crippen LogP contribution in [-0.4, -0.2) is 30.0 Å². The molecular formula is C9H18N2OS. The fourth-order valence-corrected chi connectivity index (χ4v) is 3.36. The Bertz CT molecular complexity index is 218. The zero-order valence-electron chi connectivity index (χ0n) is 8.52. The maximum Gasteiger partial charge on any atom is 0.238 e. The van der Waals surface area contributed by atoms with Gasteiger partial charge < -0.3 is 11.1 Å². The van der Waals surface area contributed by atoms with Crippen molar-refractivity contribution in [1.29, 1.82) is 0 Å². The second-order valence-corrected chi connectivity index (χ2v) is 5.52. The second-order valence-electron chi connectivity index (χ2n) is 4.53. The van der Waals surface area contributed by atoms with Crippen LogP contribution in [0.1, 0.15) is 20.3 Å². The summed E-state index contributed by atoms with van der Waals surface area (Å²) in [6.07, 6.45) is 0.832. The molecule has 1 fully saturated rings. The van der Waals surface area contributed by atoms with Gasteiger partial charge in [0, 0.05) is 5.75 Å². The van der Waals surface area contributed by atoms with Crippen molar-refractivity contribution >= 4 is 17.7 Å². The van der Waals surface area contributed by atoms with Crippen LogP contribution in [0.25, 0.3) is 0 Å². The van der Waals surface area contributed by atoms with E-state index in [0.29, 0.717) is 0 Å². The molecule has 1 unspecified atom stereocenters. The van der Waals surface area contributed by atoms with E-state index in [-0.39, 0.29) is 11.3 Å². The Hall–Kier alpha value is -0.220. The average Bonchev–Trinajstić information content (AvgIpc) is 2.02. The molecule has 0 aliphatic carbocycles. The molecule has 1 rings (SSSR count). The van der Waals surface area contributed by atoms with Crippen molar-refractivity contribution in [3.63, 3.8) is 0 Å². The summed E-state index contributed by atoms with van der Waals surface area (Å²) < 4.78 is 0. The number of carbonyl (C=O) groups excluding carboxylic acids is 1. The minimum Gasteiger partial charge on any atom is -0.368 e. The predicted molar refractivity (Wildman–Crippen MR) is 56.7 cm³/mol. The largest absolute Gasteiger partial charge is 0.368 e. The number of nitrogens with one attached hydrogen (secondary N) is 1. The number of likely N-dealkylation sites (N-methyl/N-ethyl adjacent to an activating group) is 1. The van der Waals surface area contributed by atoms with Crippen LogP contribution in [0.4, 0.5) is 0 Å². The van der Waals surface area contributed by atoms with Crippen molar-refractivity contribution in [2.75, 3.05) is 18.6 Å². The van der Waals surface area contributed by atoms with Gasteiger partial charge in [-0.25, -0.2) is 0 Å². The highest BCUT2D eigenvalue weighted by Gasteiger charge is 2.43. The van der Waals surface area contributed by atoms with Crippen LogP contribution in [0.15, 0.2) is 0 Å². The highest BCUT2D eigenvalue weighted by Crippen LogP contribution is 2.38. The normalized spacial score (nSPS) is 32.8. The lowest BCUT2D eigenvalue weighted by Gasteiger charge is -2.42. The summed E-state index contributed by atoms with van der Waals surface area (Å²) >= 11 is 1.80. The maximum absolute atomic E-state index is 11.3. The molecular weight excluding hydrogens is 184 g/mol. The van der Waals surface area contributed by atoms with Crippen molar-refractivity contribution in [1.82, 2.24) is 5.32 Å². The molecule has 0 saturated carbocycles. The lowest BCUT2D eigenvalue weighted by Crippen LogP contribution is -2.60. The molecule has 1 aliphatic rings. The molecule has 0 bridgehead atoms. The summed E-state index contributed by atoms with van der Waals surface area (Å²) in [5, 5.41) is 3.08. The van der Waals surface area contributed by atoms with Gasteiger partial charge in [-0.3, -0.25) is 4.79 Å². The Kier molecular flexibility index (Phi) is 2.92. The maximum atomic E-state index is 11.3. The van der Waals surface area contributed by atoms with E-state index in [1.807, 2.05) is 7.05 Å². The van der Waals surface area contributed by atoms with Gasteiger partial charge in [0.05, 0.1) is 0 Å². The SMILES string of the molecule is CNC1(C(N)=O)CSCC(C)(C)C1. The van der Waals surface area contributed by atoms with Crippen LogP contribution < -0.4 is 11.1 Å². The summed E-state index contributed by atoms with van der Waals surface area (Å²) in [5.41, 5.74) is 5.12. The highest BCUT2D eigenvalue weighted by atomic mass is 32.2. The van der Waals surface area contributed by atoms with Crippen molar-refractivity contribution in [3.05, 3.63) is 0 Å². The van der Waals surface area contributed by atoms with Crippen LogP contribution in [-0.2, 0) is 4.79 Å². The first-order chi connectivity index (χ1) is 5.92. The Labute approximate surface area is 83.8 Å². The Balaban J connectivity index is 2.82. The third kappa shape index (κ3) is 2.17. The molecule has 0 spiro atoms. The van der Waals surface area contributed by atoms with E-state index in [9.17, 15) is 4.79 Å². The number of nitrogens with two attached hydrogens (primary N) is 1. The fourth-order valence-electron chi connectivity index (χ4n) is 1.86. The molecule has 4 heteroatoms. The highest BCUT2D eigenvalue weighted by molar-refractivity contribution is 7.99. The molecule has 1 atom stereocenters. The standard InChI is InChI=1S/C9H18N2OS/c1-8(2)4-9(11-3,7(10)12)6-13-5-8/h11H,4-6H2,1-3H3,(H2,10,12). The first-order valence-electron chi connectivity index (χ1n) is 4.48. The molecule has 1 amide bonds. The molecule has 3 nitrogen and oxygen atoms in total. The third-order valence-electron chi connectivity index (χ3n) is 2.57. The van der Waals surface area contributed by atoms with Gasteiger partial charge >= 0.3 is 0 Å². The van der Waals surface area contributed by atoms with E-state index in [2.05, 4.69) is 19.2 Å². The predicted octanol–water partition coefficient (Wildman–Crippen LogP) is 0.593. The van der Waals surface area contributed by atoms with Crippen molar-refractivity contribution in [2.24, 2.45) is 11.1 Å². The van der Waals surface area contributed by atoms with Crippen molar-refractivity contribution in [3.8, 4) is 0 Å². The first-order valence-corrected chi connectivity index (χ1v) is 5.64. The number of hydrogen-bond donors (Lipinski definition) is 2. The van der Waals surface area contributed by atoms with Gasteiger partial charge in [-0.1, -0.05) is 13.8 Å². The molecule has 3 N–H and O–H groups in total. The zero-order chi connectivity index (χ0) is 10.1. The topological polar surface area (TPSA) is 55.1 Å². The Morgan fingerprint density at radius 1 is 1.46 bits per heavy atom. The minimum atomic E-state index is -0.494. The van der Waals surface area contributed by atoms with E-state index in [1.165, 1.54) is 0 Å². The first kappa shape index (κ1) is 10.9. The van der Waals surface area contributed by atoms with Crippen LogP contribution in [0.2, 0.25) is 0 Å². The number of hydrogen-bond acceptors (Lipinski definition) is 3. The molecule has 13 heavy (non-hydrogen) atoms. The van der Waals surface area contributed by atoms with Gasteiger partial charge in [-0.2, -0.15) is 11.8 Å². The van der Waals surface area contributed by atoms with Crippen LogP contribution in [0.3, 0.4) is 0 Å². The second kappa shape index (κ2) is 3.50. The molecule has 1 aliphatic heterocycles. The van der Waals surface area contributed by atoms with E-state index in [4.69, 9.17) is 5.73 Å². The monoisotopic (exact) mass is 202 g/mol. The lowest BCUT2D eigenvalue weighted by atomic mass is 9.79. The van der Waals surface area contributed by atoms with Crippen LogP contribution in [0, 0.1) is 5.41 Å². The number of thioether (sulfide) groups is 1. The zero-order valence-corrected chi connectivity index (χ0v) is 9.33. The fraction of sp³-hybridized carbons (Fsp3) is 0.889. The van der Waals surface area contributed by atoms with Crippen molar-refractivity contribution in [2.45, 2.75) is 25.8 Å². The average molecular weight is 202 g/mol. The summed E-state index contributed by atoms with van der Waals surface area (Å²) in [7, 11) is 1.81. The summed E-state index contributed by atoms with van der Waals surface area (Å²) in [5.74, 6) is 1.67. The summed E-state index contributed by atoms with van der Waals surface area (Å²) in [4.78, 5) is 11.3. The number of carbonyl (C=O) groups is 1. The number of amides is 1. The Morgan fingerprint density at radius 2 is 2.08 bits per heavy atom. The lowest BCUT2D eigenvalue weighted by molar-refractivity contribution is -0.124. The van der Waals surface area contributed by atoms with E-state index in [1.54, 1.807) is 11.8 Å². The molecule has 0 aromatic heterocycles. The number of rotatable bonds is 2. The van der Waals surface area contributed by atoms with E-state index >= 15 is 0 Å². The van der Waals surface area contributed by atoms with Crippen LogP contribution >= 0.6 is 11.8 Å². The molecule has 0 aromatic carbocycles. The smallest absolute Gasteiger partial charge is 0.238 e. The van der Waals surface area contributed by atoms with Gasteiger partial charge in [0.2, 0.25) is 5.91 Å². The van der Waals surface area contributed by atoms with Crippen LogP contribution in [0.5, 0.6) is 0 Å². The van der Waals surface area contributed by atoms with Gasteiger partial charge in [0.25, 0.3) is 0 Å². The Morgan fingerprint density at radius 3 is 2.38 bits per heavy atom. The van der Waals surface area contributed by atoms with Gasteiger partial charge in [-0.15, -0.1) is 0 Å². The summed E-state index contributed by atoms with van der Waals surface area (Å²) in [6.45, 7) is 4.35. The van der Waals surface area contributed by atoms with E-state index in [0.717, 1.165) is 17.9 Å². The molecule has 76 valence electrons. The molecule has 1 heterocycles.